The van der Waals surface area contributed by atoms with Crippen LogP contribution in [-0.2, 0) is 14.4 Å². The molecule has 1 aliphatic heterocycles. The molecule has 6 heteroatoms. The van der Waals surface area contributed by atoms with Gasteiger partial charge < -0.3 is 15.3 Å². The lowest BCUT2D eigenvalue weighted by Crippen LogP contribution is -2.51. The monoisotopic (exact) mass is 270 g/mol. The van der Waals surface area contributed by atoms with Crippen molar-refractivity contribution >= 4 is 17.8 Å². The first-order valence-corrected chi connectivity index (χ1v) is 6.79. The van der Waals surface area contributed by atoms with Gasteiger partial charge in [0.05, 0.1) is 0 Å². The number of carboxylic acids is 1. The van der Waals surface area contributed by atoms with E-state index in [1.807, 2.05) is 0 Å². The molecule has 2 amide bonds. The second-order valence-corrected chi connectivity index (χ2v) is 4.81. The molecule has 1 unspecified atom stereocenters. The van der Waals surface area contributed by atoms with Gasteiger partial charge in [0.15, 0.2) is 0 Å². The largest absolute Gasteiger partial charge is 0.481 e. The van der Waals surface area contributed by atoms with Gasteiger partial charge in [0.1, 0.15) is 6.04 Å². The molecule has 1 saturated heterocycles. The third-order valence-electron chi connectivity index (χ3n) is 3.40. The van der Waals surface area contributed by atoms with E-state index in [-0.39, 0.29) is 24.3 Å². The Bertz CT molecular complexity index is 344. The third-order valence-corrected chi connectivity index (χ3v) is 3.40. The number of nitrogens with one attached hydrogen (secondary N) is 1. The van der Waals surface area contributed by atoms with Crippen LogP contribution in [0.1, 0.15) is 44.9 Å². The van der Waals surface area contributed by atoms with Crippen LogP contribution in [0.5, 0.6) is 0 Å². The van der Waals surface area contributed by atoms with Crippen molar-refractivity contribution in [2.24, 2.45) is 0 Å². The molecule has 108 valence electrons. The van der Waals surface area contributed by atoms with Crippen molar-refractivity contribution < 1.29 is 19.5 Å². The summed E-state index contributed by atoms with van der Waals surface area (Å²) in [6, 6.07) is -0.356. The summed E-state index contributed by atoms with van der Waals surface area (Å²) in [7, 11) is 1.58. The van der Waals surface area contributed by atoms with Crippen LogP contribution in [0.25, 0.3) is 0 Å². The number of carbonyl (C=O) groups excluding carboxylic acids is 2. The van der Waals surface area contributed by atoms with Crippen LogP contribution < -0.4 is 5.32 Å². The summed E-state index contributed by atoms with van der Waals surface area (Å²) in [6.07, 6.45) is 4.06. The van der Waals surface area contributed by atoms with E-state index in [1.54, 1.807) is 11.9 Å². The topological polar surface area (TPSA) is 86.7 Å². The number of likely N-dealkylation sites (tertiary alicyclic amines) is 1. The van der Waals surface area contributed by atoms with Gasteiger partial charge in [0.25, 0.3) is 0 Å². The highest BCUT2D eigenvalue weighted by Crippen LogP contribution is 2.19. The zero-order valence-electron chi connectivity index (χ0n) is 11.4. The van der Waals surface area contributed by atoms with E-state index >= 15 is 0 Å². The van der Waals surface area contributed by atoms with Crippen LogP contribution in [0.3, 0.4) is 0 Å². The Morgan fingerprint density at radius 1 is 1.21 bits per heavy atom. The lowest BCUT2D eigenvalue weighted by molar-refractivity contribution is -0.142. The molecule has 0 aromatic carbocycles. The fourth-order valence-electron chi connectivity index (χ4n) is 2.37. The van der Waals surface area contributed by atoms with Crippen molar-refractivity contribution in [3.05, 3.63) is 0 Å². The van der Waals surface area contributed by atoms with Crippen LogP contribution in [-0.4, -0.2) is 47.4 Å². The Labute approximate surface area is 113 Å². The minimum atomic E-state index is -0.839. The first kappa shape index (κ1) is 15.5. The number of amides is 2. The van der Waals surface area contributed by atoms with Crippen molar-refractivity contribution in [2.75, 3.05) is 13.6 Å². The second kappa shape index (κ2) is 7.76. The summed E-state index contributed by atoms with van der Waals surface area (Å²) in [5.74, 6) is -0.995. The van der Waals surface area contributed by atoms with Gasteiger partial charge in [-0.15, -0.1) is 0 Å². The predicted octanol–water partition coefficient (Wildman–Crippen LogP) is 0.758. The molecule has 1 heterocycles. The molecule has 19 heavy (non-hydrogen) atoms. The second-order valence-electron chi connectivity index (χ2n) is 4.81. The van der Waals surface area contributed by atoms with Crippen molar-refractivity contribution in [2.45, 2.75) is 51.0 Å². The van der Waals surface area contributed by atoms with Crippen molar-refractivity contribution in [1.29, 1.82) is 0 Å². The van der Waals surface area contributed by atoms with E-state index < -0.39 is 5.97 Å². The van der Waals surface area contributed by atoms with Crippen molar-refractivity contribution in [3.63, 3.8) is 0 Å². The maximum atomic E-state index is 12.1. The van der Waals surface area contributed by atoms with E-state index in [9.17, 15) is 14.4 Å². The highest BCUT2D eigenvalue weighted by atomic mass is 16.4. The molecule has 0 bridgehead atoms. The first-order chi connectivity index (χ1) is 9.06. The van der Waals surface area contributed by atoms with Gasteiger partial charge in [-0.2, -0.15) is 0 Å². The number of nitrogens with zero attached hydrogens (tertiary/aromatic N) is 1. The minimum Gasteiger partial charge on any atom is -0.481 e. The number of aliphatic carboxylic acids is 1. The lowest BCUT2D eigenvalue weighted by atomic mass is 10.0. The standard InChI is InChI=1S/C13H22N2O4/c1-14-13(19)10-6-4-5-9-15(10)11(16)7-2-3-8-12(17)18/h10H,2-9H2,1H3,(H,14,19)(H,17,18). The Kier molecular flexibility index (Phi) is 6.32. The molecule has 0 saturated carbocycles. The predicted molar refractivity (Wildman–Crippen MR) is 69.5 cm³/mol. The van der Waals surface area contributed by atoms with Gasteiger partial charge >= 0.3 is 5.97 Å². The zero-order chi connectivity index (χ0) is 14.3. The molecular weight excluding hydrogens is 248 g/mol. The van der Waals surface area contributed by atoms with Crippen molar-refractivity contribution in [3.8, 4) is 0 Å². The number of hydrogen-bond donors (Lipinski definition) is 2. The summed E-state index contributed by atoms with van der Waals surface area (Å²) in [4.78, 5) is 35.8. The fourth-order valence-corrected chi connectivity index (χ4v) is 2.37. The van der Waals surface area contributed by atoms with Gasteiger partial charge in [0, 0.05) is 26.4 Å². The van der Waals surface area contributed by atoms with Gasteiger partial charge in [-0.1, -0.05) is 0 Å². The summed E-state index contributed by atoms with van der Waals surface area (Å²) in [6.45, 7) is 0.621. The highest BCUT2D eigenvalue weighted by molar-refractivity contribution is 5.87. The Morgan fingerprint density at radius 2 is 1.89 bits per heavy atom. The molecule has 0 aromatic heterocycles. The number of rotatable bonds is 6. The van der Waals surface area contributed by atoms with Crippen LogP contribution >= 0.6 is 0 Å². The quantitative estimate of drug-likeness (QED) is 0.698. The number of hydrogen-bond acceptors (Lipinski definition) is 3. The van der Waals surface area contributed by atoms with Crippen LogP contribution in [0, 0.1) is 0 Å². The van der Waals surface area contributed by atoms with Crippen LogP contribution in [0.15, 0.2) is 0 Å². The molecule has 0 spiro atoms. The zero-order valence-corrected chi connectivity index (χ0v) is 11.4. The van der Waals surface area contributed by atoms with E-state index in [2.05, 4.69) is 5.32 Å². The lowest BCUT2D eigenvalue weighted by Gasteiger charge is -2.34. The Morgan fingerprint density at radius 3 is 2.53 bits per heavy atom. The average molecular weight is 270 g/mol. The smallest absolute Gasteiger partial charge is 0.303 e. The third kappa shape index (κ3) is 4.89. The molecule has 1 atom stereocenters. The van der Waals surface area contributed by atoms with Crippen LogP contribution in [0.4, 0.5) is 0 Å². The minimum absolute atomic E-state index is 0.0429. The molecule has 0 aromatic rings. The van der Waals surface area contributed by atoms with Gasteiger partial charge in [-0.25, -0.2) is 0 Å². The summed E-state index contributed by atoms with van der Waals surface area (Å²) < 4.78 is 0. The number of carboxylic acid groups (broad SMARTS) is 1. The molecule has 1 rings (SSSR count). The SMILES string of the molecule is CNC(=O)C1CCCCN1C(=O)CCCCC(=O)O. The van der Waals surface area contributed by atoms with E-state index in [0.29, 0.717) is 32.2 Å². The molecule has 0 aliphatic carbocycles. The summed E-state index contributed by atoms with van der Waals surface area (Å²) in [5, 5.41) is 11.1. The fraction of sp³-hybridized carbons (Fsp3) is 0.769. The maximum absolute atomic E-state index is 12.1. The summed E-state index contributed by atoms with van der Waals surface area (Å²) >= 11 is 0. The average Bonchev–Trinajstić information content (AvgIpc) is 2.42. The molecular formula is C13H22N2O4. The number of piperidine rings is 1. The number of likely N-dealkylation sites (N-methyl/N-ethyl adjacent to an activating group) is 1. The van der Waals surface area contributed by atoms with E-state index in [0.717, 1.165) is 12.8 Å². The highest BCUT2D eigenvalue weighted by Gasteiger charge is 2.30. The van der Waals surface area contributed by atoms with Crippen molar-refractivity contribution in [1.82, 2.24) is 10.2 Å². The Balaban J connectivity index is 2.43. The van der Waals surface area contributed by atoms with E-state index in [1.165, 1.54) is 0 Å². The normalized spacial score (nSPS) is 19.0. The molecule has 0 radical (unpaired) electrons. The molecule has 2 N–H and O–H groups in total. The number of unbranched alkanes of at least 4 members (excludes halogenated alkanes) is 1. The molecule has 1 fully saturated rings. The van der Waals surface area contributed by atoms with Gasteiger partial charge in [-0.05, 0) is 32.1 Å². The van der Waals surface area contributed by atoms with Gasteiger partial charge in [0.2, 0.25) is 11.8 Å². The van der Waals surface area contributed by atoms with E-state index in [4.69, 9.17) is 5.11 Å². The number of carbonyl (C=O) groups is 3. The molecule has 1 aliphatic rings. The first-order valence-electron chi connectivity index (χ1n) is 6.79. The van der Waals surface area contributed by atoms with Gasteiger partial charge in [-0.3, -0.25) is 14.4 Å². The summed E-state index contributed by atoms with van der Waals surface area (Å²) in [5.41, 5.74) is 0. The van der Waals surface area contributed by atoms with Crippen LogP contribution in [0.2, 0.25) is 0 Å². The maximum Gasteiger partial charge on any atom is 0.303 e. The Hall–Kier alpha value is -1.59. The molecule has 6 nitrogen and oxygen atoms in total.